The summed E-state index contributed by atoms with van der Waals surface area (Å²) in [5.41, 5.74) is 5.07. The first-order chi connectivity index (χ1) is 19.8. The van der Waals surface area contributed by atoms with Gasteiger partial charge in [-0.25, -0.2) is 9.78 Å². The molecule has 0 fully saturated rings. The van der Waals surface area contributed by atoms with E-state index in [4.69, 9.17) is 9.84 Å². The van der Waals surface area contributed by atoms with E-state index in [2.05, 4.69) is 94.3 Å². The molecule has 0 unspecified atom stereocenters. The predicted molar refractivity (Wildman–Crippen MR) is 162 cm³/mol. The van der Waals surface area contributed by atoms with Crippen LogP contribution in [0.4, 0.5) is 10.5 Å². The lowest BCUT2D eigenvalue weighted by Crippen LogP contribution is -2.38. The standard InChI is InChI=1S/C34H31N5O2/c1-33(2,3)41-32(40)38-28-19-29-30(22-36-31(29)35-21-28)24-20-37-39(23-24)34(25-13-7-4-8-14-25,26-15-9-5-10-16-26)27-17-11-6-12-18-27/h4-23H,1-3H3,(H,35,36)(H,38,40). The number of rotatable bonds is 6. The van der Waals surface area contributed by atoms with Gasteiger partial charge in [0.25, 0.3) is 0 Å². The van der Waals surface area contributed by atoms with Crippen LogP contribution >= 0.6 is 0 Å². The first kappa shape index (κ1) is 26.1. The van der Waals surface area contributed by atoms with Crippen molar-refractivity contribution in [3.05, 3.63) is 139 Å². The summed E-state index contributed by atoms with van der Waals surface area (Å²) in [7, 11) is 0. The molecule has 0 spiro atoms. The van der Waals surface area contributed by atoms with Crippen LogP contribution in [0.3, 0.4) is 0 Å². The monoisotopic (exact) mass is 541 g/mol. The minimum atomic E-state index is -0.712. The molecule has 0 atom stereocenters. The molecular weight excluding hydrogens is 510 g/mol. The second-order valence-electron chi connectivity index (χ2n) is 10.9. The average Bonchev–Trinajstić information content (AvgIpc) is 3.62. The first-order valence-corrected chi connectivity index (χ1v) is 13.5. The summed E-state index contributed by atoms with van der Waals surface area (Å²) in [4.78, 5) is 20.2. The number of hydrogen-bond acceptors (Lipinski definition) is 4. The molecule has 6 aromatic rings. The number of benzene rings is 3. The number of nitrogens with zero attached hydrogens (tertiary/aromatic N) is 3. The van der Waals surface area contributed by atoms with E-state index in [1.165, 1.54) is 0 Å². The van der Waals surface area contributed by atoms with Crippen LogP contribution in [0.5, 0.6) is 0 Å². The van der Waals surface area contributed by atoms with E-state index in [0.29, 0.717) is 11.3 Å². The molecule has 6 rings (SSSR count). The van der Waals surface area contributed by atoms with E-state index in [1.807, 2.05) is 62.1 Å². The zero-order valence-corrected chi connectivity index (χ0v) is 23.2. The van der Waals surface area contributed by atoms with Crippen molar-refractivity contribution < 1.29 is 9.53 Å². The van der Waals surface area contributed by atoms with Crippen LogP contribution in [-0.4, -0.2) is 31.4 Å². The average molecular weight is 542 g/mol. The van der Waals surface area contributed by atoms with Crippen LogP contribution in [-0.2, 0) is 10.3 Å². The van der Waals surface area contributed by atoms with Crippen LogP contribution in [0.2, 0.25) is 0 Å². The highest BCUT2D eigenvalue weighted by Crippen LogP contribution is 2.41. The summed E-state index contributed by atoms with van der Waals surface area (Å²) in [6, 6.07) is 33.2. The van der Waals surface area contributed by atoms with E-state index in [1.54, 1.807) is 6.20 Å². The number of nitrogens with one attached hydrogen (secondary N) is 2. The lowest BCUT2D eigenvalue weighted by molar-refractivity contribution is 0.0636. The Morgan fingerprint density at radius 2 is 1.39 bits per heavy atom. The lowest BCUT2D eigenvalue weighted by atomic mass is 9.77. The minimum absolute atomic E-state index is 0.526. The summed E-state index contributed by atoms with van der Waals surface area (Å²) in [6.07, 6.45) is 6.96. The molecule has 7 nitrogen and oxygen atoms in total. The third-order valence-electron chi connectivity index (χ3n) is 6.99. The first-order valence-electron chi connectivity index (χ1n) is 13.5. The van der Waals surface area contributed by atoms with Gasteiger partial charge in [0.2, 0.25) is 0 Å². The zero-order valence-electron chi connectivity index (χ0n) is 23.2. The summed E-state index contributed by atoms with van der Waals surface area (Å²) in [5.74, 6) is 0. The normalized spacial score (nSPS) is 11.9. The number of fused-ring (bicyclic) bond motifs is 1. The molecule has 41 heavy (non-hydrogen) atoms. The van der Waals surface area contributed by atoms with Gasteiger partial charge < -0.3 is 9.72 Å². The molecule has 0 aliphatic carbocycles. The molecule has 3 heterocycles. The molecule has 7 heteroatoms. The number of pyridine rings is 1. The summed E-state index contributed by atoms with van der Waals surface area (Å²) < 4.78 is 7.46. The second kappa shape index (κ2) is 10.4. The second-order valence-corrected chi connectivity index (χ2v) is 10.9. The van der Waals surface area contributed by atoms with Crippen LogP contribution in [0.15, 0.2) is 122 Å². The number of carbonyl (C=O) groups is 1. The van der Waals surface area contributed by atoms with E-state index >= 15 is 0 Å². The number of carbonyl (C=O) groups excluding carboxylic acids is 1. The molecule has 0 saturated carbocycles. The van der Waals surface area contributed by atoms with Gasteiger partial charge in [0.15, 0.2) is 0 Å². The smallest absolute Gasteiger partial charge is 0.412 e. The number of H-pyrrole nitrogens is 1. The lowest BCUT2D eigenvalue weighted by Gasteiger charge is -2.36. The number of amides is 1. The molecule has 1 amide bonds. The number of anilines is 1. The number of hydrogen-bond donors (Lipinski definition) is 2. The van der Waals surface area contributed by atoms with E-state index in [0.717, 1.165) is 33.2 Å². The van der Waals surface area contributed by atoms with Crippen LogP contribution in [0.25, 0.3) is 22.2 Å². The van der Waals surface area contributed by atoms with Crippen molar-refractivity contribution in [1.29, 1.82) is 0 Å². The van der Waals surface area contributed by atoms with Crippen molar-refractivity contribution in [2.24, 2.45) is 0 Å². The Morgan fingerprint density at radius 1 is 0.829 bits per heavy atom. The third-order valence-corrected chi connectivity index (χ3v) is 6.99. The fourth-order valence-corrected chi connectivity index (χ4v) is 5.31. The number of ether oxygens (including phenoxy) is 1. The highest BCUT2D eigenvalue weighted by molar-refractivity contribution is 5.96. The SMILES string of the molecule is CC(C)(C)OC(=O)Nc1cnc2[nH]cc(-c3cnn(C(c4ccccc4)(c4ccccc4)c4ccccc4)c3)c2c1. The van der Waals surface area contributed by atoms with Crippen molar-refractivity contribution in [3.8, 4) is 11.1 Å². The maximum Gasteiger partial charge on any atom is 0.412 e. The molecule has 0 bridgehead atoms. The van der Waals surface area contributed by atoms with Crippen molar-refractivity contribution in [1.82, 2.24) is 19.7 Å². The third kappa shape index (κ3) is 4.98. The number of aromatic nitrogens is 4. The Balaban J connectivity index is 1.48. The fourth-order valence-electron chi connectivity index (χ4n) is 5.31. The van der Waals surface area contributed by atoms with Crippen molar-refractivity contribution >= 4 is 22.8 Å². The van der Waals surface area contributed by atoms with E-state index in [-0.39, 0.29) is 0 Å². The van der Waals surface area contributed by atoms with Crippen molar-refractivity contribution in [3.63, 3.8) is 0 Å². The topological polar surface area (TPSA) is 84.8 Å². The Labute approximate surface area is 238 Å². The highest BCUT2D eigenvalue weighted by Gasteiger charge is 2.39. The Bertz CT molecular complexity index is 1690. The molecule has 0 aliphatic rings. The molecule has 204 valence electrons. The van der Waals surface area contributed by atoms with E-state index in [9.17, 15) is 4.79 Å². The quantitative estimate of drug-likeness (QED) is 0.213. The predicted octanol–water partition coefficient (Wildman–Crippen LogP) is 7.61. The van der Waals surface area contributed by atoms with Crippen LogP contribution in [0.1, 0.15) is 37.5 Å². The van der Waals surface area contributed by atoms with Gasteiger partial charge in [0, 0.05) is 28.9 Å². The van der Waals surface area contributed by atoms with E-state index < -0.39 is 17.2 Å². The summed E-state index contributed by atoms with van der Waals surface area (Å²) in [5, 5.41) is 8.64. The maximum absolute atomic E-state index is 12.4. The van der Waals surface area contributed by atoms with Gasteiger partial charge in [0.05, 0.1) is 18.1 Å². The van der Waals surface area contributed by atoms with Crippen LogP contribution in [0, 0.1) is 0 Å². The van der Waals surface area contributed by atoms with Gasteiger partial charge in [-0.05, 0) is 43.5 Å². The largest absolute Gasteiger partial charge is 0.444 e. The molecule has 0 saturated heterocycles. The Kier molecular flexibility index (Phi) is 6.63. The van der Waals surface area contributed by atoms with Gasteiger partial charge in [-0.1, -0.05) is 91.0 Å². The van der Waals surface area contributed by atoms with Crippen LogP contribution < -0.4 is 5.32 Å². The van der Waals surface area contributed by atoms with Gasteiger partial charge in [0.1, 0.15) is 16.8 Å². The Hall–Kier alpha value is -5.17. The van der Waals surface area contributed by atoms with Gasteiger partial charge in [-0.2, -0.15) is 5.10 Å². The molecule has 0 radical (unpaired) electrons. The molecule has 0 aliphatic heterocycles. The summed E-state index contributed by atoms with van der Waals surface area (Å²) >= 11 is 0. The Morgan fingerprint density at radius 3 is 1.93 bits per heavy atom. The van der Waals surface area contributed by atoms with Gasteiger partial charge >= 0.3 is 6.09 Å². The highest BCUT2D eigenvalue weighted by atomic mass is 16.6. The van der Waals surface area contributed by atoms with Crippen molar-refractivity contribution in [2.75, 3.05) is 5.32 Å². The summed E-state index contributed by atoms with van der Waals surface area (Å²) in [6.45, 7) is 5.49. The molecule has 3 aromatic carbocycles. The number of aromatic amines is 1. The zero-order chi connectivity index (χ0) is 28.5. The maximum atomic E-state index is 12.4. The molecule has 3 aromatic heterocycles. The minimum Gasteiger partial charge on any atom is -0.444 e. The van der Waals surface area contributed by atoms with Gasteiger partial charge in [-0.3, -0.25) is 10.00 Å². The fraction of sp³-hybridized carbons (Fsp3) is 0.147. The van der Waals surface area contributed by atoms with Crippen molar-refractivity contribution in [2.45, 2.75) is 31.9 Å². The molecule has 2 N–H and O–H groups in total. The molecular formula is C34H31N5O2. The van der Waals surface area contributed by atoms with Gasteiger partial charge in [-0.15, -0.1) is 0 Å².